The Morgan fingerprint density at radius 3 is 2.50 bits per heavy atom. The SMILES string of the molecule is Cc1cc(S(=O)(=O)NCCc2c(C)[nH]c3ccc(OC(F)(F)Cl)cc23)c(C)cc1Cl. The van der Waals surface area contributed by atoms with Crippen molar-refractivity contribution in [3.63, 3.8) is 0 Å². The fourth-order valence-corrected chi connectivity index (χ4v) is 4.96. The van der Waals surface area contributed by atoms with Gasteiger partial charge in [-0.2, -0.15) is 0 Å². The van der Waals surface area contributed by atoms with Crippen LogP contribution in [-0.2, 0) is 16.4 Å². The molecule has 2 N–H and O–H groups in total. The maximum atomic E-state index is 12.9. The summed E-state index contributed by atoms with van der Waals surface area (Å²) in [4.78, 5) is 3.32. The van der Waals surface area contributed by atoms with Gasteiger partial charge in [0.05, 0.1) is 4.90 Å². The van der Waals surface area contributed by atoms with Crippen LogP contribution in [0.15, 0.2) is 35.2 Å². The lowest BCUT2D eigenvalue weighted by Gasteiger charge is -2.12. The topological polar surface area (TPSA) is 71.2 Å². The van der Waals surface area contributed by atoms with Crippen molar-refractivity contribution in [2.75, 3.05) is 6.54 Å². The summed E-state index contributed by atoms with van der Waals surface area (Å²) in [5.74, 6) is -0.0874. The highest BCUT2D eigenvalue weighted by Crippen LogP contribution is 2.31. The summed E-state index contributed by atoms with van der Waals surface area (Å²) in [6, 6.07) is 7.59. The number of aromatic nitrogens is 1. The van der Waals surface area contributed by atoms with Crippen molar-refractivity contribution in [2.45, 2.75) is 37.7 Å². The third-order valence-electron chi connectivity index (χ3n) is 4.74. The van der Waals surface area contributed by atoms with Crippen molar-refractivity contribution in [1.82, 2.24) is 9.71 Å². The summed E-state index contributed by atoms with van der Waals surface area (Å²) in [6.45, 7) is 5.36. The minimum absolute atomic E-state index is 0.0874. The zero-order chi connectivity index (χ0) is 22.3. The number of hydrogen-bond acceptors (Lipinski definition) is 3. The van der Waals surface area contributed by atoms with Crippen LogP contribution >= 0.6 is 23.2 Å². The van der Waals surface area contributed by atoms with E-state index >= 15 is 0 Å². The predicted octanol–water partition coefficient (Wildman–Crippen LogP) is 5.44. The number of alkyl halides is 3. The van der Waals surface area contributed by atoms with E-state index in [-0.39, 0.29) is 17.2 Å². The Bertz CT molecular complexity index is 1200. The number of benzene rings is 2. The molecule has 0 unspecified atom stereocenters. The number of aryl methyl sites for hydroxylation is 3. The molecule has 1 heterocycles. The molecule has 2 aromatic carbocycles. The Morgan fingerprint density at radius 1 is 1.13 bits per heavy atom. The van der Waals surface area contributed by atoms with Gasteiger partial charge in [-0.3, -0.25) is 0 Å². The quantitative estimate of drug-likeness (QED) is 0.446. The van der Waals surface area contributed by atoms with Crippen LogP contribution in [0.1, 0.15) is 22.4 Å². The maximum absolute atomic E-state index is 12.9. The Balaban J connectivity index is 1.81. The van der Waals surface area contributed by atoms with Gasteiger partial charge in [0.25, 0.3) is 0 Å². The largest absolute Gasteiger partial charge is 0.487 e. The molecule has 10 heteroatoms. The van der Waals surface area contributed by atoms with Gasteiger partial charge < -0.3 is 9.72 Å². The van der Waals surface area contributed by atoms with Gasteiger partial charge in [0.15, 0.2) is 0 Å². The molecule has 0 saturated heterocycles. The number of ether oxygens (including phenoxy) is 1. The van der Waals surface area contributed by atoms with E-state index in [0.717, 1.165) is 16.8 Å². The second-order valence-electron chi connectivity index (χ2n) is 7.00. The van der Waals surface area contributed by atoms with Crippen LogP contribution in [0.2, 0.25) is 5.02 Å². The molecule has 0 aliphatic rings. The first-order chi connectivity index (χ1) is 13.9. The molecule has 3 rings (SSSR count). The van der Waals surface area contributed by atoms with Crippen molar-refractivity contribution in [2.24, 2.45) is 0 Å². The highest BCUT2D eigenvalue weighted by molar-refractivity contribution is 7.89. The van der Waals surface area contributed by atoms with Gasteiger partial charge in [-0.15, -0.1) is 8.78 Å². The summed E-state index contributed by atoms with van der Waals surface area (Å²) in [6.07, 6.45) is 0.345. The summed E-state index contributed by atoms with van der Waals surface area (Å²) in [5, 5.41) is 1.16. The normalized spacial score (nSPS) is 12.5. The van der Waals surface area contributed by atoms with Crippen molar-refractivity contribution in [3.05, 3.63) is 57.7 Å². The van der Waals surface area contributed by atoms with Crippen molar-refractivity contribution in [1.29, 1.82) is 0 Å². The Labute approximate surface area is 183 Å². The summed E-state index contributed by atoms with van der Waals surface area (Å²) in [5.41, 5.74) is -0.287. The molecule has 0 atom stereocenters. The molecule has 5 nitrogen and oxygen atoms in total. The average molecular weight is 477 g/mol. The number of hydrogen-bond donors (Lipinski definition) is 2. The van der Waals surface area contributed by atoms with Crippen LogP contribution < -0.4 is 9.46 Å². The lowest BCUT2D eigenvalue weighted by molar-refractivity contribution is -0.0964. The number of sulfonamides is 1. The Kier molecular flexibility index (Phi) is 6.34. The van der Waals surface area contributed by atoms with E-state index in [0.29, 0.717) is 28.0 Å². The van der Waals surface area contributed by atoms with Crippen molar-refractivity contribution < 1.29 is 21.9 Å². The number of H-pyrrole nitrogens is 1. The van der Waals surface area contributed by atoms with E-state index < -0.39 is 15.6 Å². The predicted molar refractivity (Wildman–Crippen MR) is 114 cm³/mol. The first-order valence-electron chi connectivity index (χ1n) is 9.01. The smallest absolute Gasteiger partial charge is 0.420 e. The van der Waals surface area contributed by atoms with Gasteiger partial charge in [0, 0.05) is 39.8 Å². The number of halogens is 4. The van der Waals surface area contributed by atoms with Gasteiger partial charge in [0.2, 0.25) is 10.0 Å². The molecule has 0 saturated carbocycles. The maximum Gasteiger partial charge on any atom is 0.487 e. The molecular weight excluding hydrogens is 457 g/mol. The van der Waals surface area contributed by atoms with Crippen LogP contribution in [0.25, 0.3) is 10.9 Å². The van der Waals surface area contributed by atoms with E-state index in [9.17, 15) is 17.2 Å². The van der Waals surface area contributed by atoms with Crippen LogP contribution in [0, 0.1) is 20.8 Å². The van der Waals surface area contributed by atoms with Crippen LogP contribution in [-0.4, -0.2) is 25.5 Å². The van der Waals surface area contributed by atoms with Gasteiger partial charge in [-0.1, -0.05) is 11.6 Å². The molecule has 0 amide bonds. The highest BCUT2D eigenvalue weighted by Gasteiger charge is 2.28. The van der Waals surface area contributed by atoms with E-state index in [1.54, 1.807) is 26.0 Å². The molecule has 3 aromatic rings. The lowest BCUT2D eigenvalue weighted by Crippen LogP contribution is -2.26. The van der Waals surface area contributed by atoms with Gasteiger partial charge in [-0.25, -0.2) is 13.1 Å². The molecule has 162 valence electrons. The third-order valence-corrected chi connectivity index (χ3v) is 6.82. The zero-order valence-electron chi connectivity index (χ0n) is 16.4. The summed E-state index contributed by atoms with van der Waals surface area (Å²) in [7, 11) is -3.74. The van der Waals surface area contributed by atoms with Gasteiger partial charge in [0.1, 0.15) is 5.75 Å². The van der Waals surface area contributed by atoms with Crippen molar-refractivity contribution >= 4 is 44.1 Å². The first-order valence-corrected chi connectivity index (χ1v) is 11.2. The van der Waals surface area contributed by atoms with E-state index in [1.807, 2.05) is 6.92 Å². The Hall–Kier alpha value is -1.87. The standard InChI is InChI=1S/C20H20Cl2F2N2O3S/c1-11-9-19(12(2)8-17(11)21)30(27,28)25-7-6-15-13(3)26-18-5-4-14(10-16(15)18)29-20(22,23)24/h4-5,8-10,25-26H,6-7H2,1-3H3. The second kappa shape index (κ2) is 8.34. The van der Waals surface area contributed by atoms with E-state index in [4.69, 9.17) is 23.2 Å². The number of fused-ring (bicyclic) bond motifs is 1. The molecule has 30 heavy (non-hydrogen) atoms. The van der Waals surface area contributed by atoms with Gasteiger partial charge >= 0.3 is 5.57 Å². The minimum Gasteiger partial charge on any atom is -0.420 e. The molecular formula is C20H20Cl2F2N2O3S. The zero-order valence-corrected chi connectivity index (χ0v) is 18.8. The first kappa shape index (κ1) is 22.8. The average Bonchev–Trinajstić information content (AvgIpc) is 2.91. The van der Waals surface area contributed by atoms with E-state index in [2.05, 4.69) is 14.4 Å². The Morgan fingerprint density at radius 2 is 1.83 bits per heavy atom. The monoisotopic (exact) mass is 476 g/mol. The third kappa shape index (κ3) is 5.06. The van der Waals surface area contributed by atoms with Gasteiger partial charge in [-0.05, 0) is 74.2 Å². The molecule has 0 spiro atoms. The number of rotatable bonds is 7. The fraction of sp³-hybridized carbons (Fsp3) is 0.300. The summed E-state index contributed by atoms with van der Waals surface area (Å²) >= 11 is 10.9. The lowest BCUT2D eigenvalue weighted by atomic mass is 10.1. The second-order valence-corrected chi connectivity index (χ2v) is 9.58. The van der Waals surface area contributed by atoms with Crippen LogP contribution in [0.5, 0.6) is 5.75 Å². The molecule has 0 radical (unpaired) electrons. The van der Waals surface area contributed by atoms with Crippen LogP contribution in [0.4, 0.5) is 8.78 Å². The fourth-order valence-electron chi connectivity index (χ4n) is 3.31. The highest BCUT2D eigenvalue weighted by atomic mass is 35.5. The molecule has 0 bridgehead atoms. The summed E-state index contributed by atoms with van der Waals surface area (Å²) < 4.78 is 58.3. The minimum atomic E-state index is -3.82. The van der Waals surface area contributed by atoms with Crippen molar-refractivity contribution in [3.8, 4) is 5.75 Å². The molecule has 0 aliphatic heterocycles. The molecule has 1 aromatic heterocycles. The number of aromatic amines is 1. The molecule has 0 fully saturated rings. The van der Waals surface area contributed by atoms with Crippen LogP contribution in [0.3, 0.4) is 0 Å². The number of nitrogens with one attached hydrogen (secondary N) is 2. The molecule has 0 aliphatic carbocycles. The van der Waals surface area contributed by atoms with E-state index in [1.165, 1.54) is 18.2 Å².